The second kappa shape index (κ2) is 6.04. The summed E-state index contributed by atoms with van der Waals surface area (Å²) in [5.41, 5.74) is 1.09. The summed E-state index contributed by atoms with van der Waals surface area (Å²) < 4.78 is 1.58. The Morgan fingerprint density at radius 3 is 2.68 bits per heavy atom. The van der Waals surface area contributed by atoms with Gasteiger partial charge in [-0.3, -0.25) is 9.59 Å². The van der Waals surface area contributed by atoms with Crippen molar-refractivity contribution in [2.75, 3.05) is 18.5 Å². The highest BCUT2D eigenvalue weighted by molar-refractivity contribution is 7.24. The molecule has 0 saturated carbocycles. The number of halogens is 1. The van der Waals surface area contributed by atoms with E-state index in [0.29, 0.717) is 22.9 Å². The summed E-state index contributed by atoms with van der Waals surface area (Å²) in [6.45, 7) is 0.454. The Kier molecular flexibility index (Phi) is 4.11. The first kappa shape index (κ1) is 15.0. The molecular formula is C16H12ClNO3S. The minimum Gasteiger partial charge on any atom is -0.395 e. The first-order valence-corrected chi connectivity index (χ1v) is 7.85. The van der Waals surface area contributed by atoms with Crippen molar-refractivity contribution in [1.29, 1.82) is 0 Å². The number of aliphatic hydroxyl groups is 1. The number of hydrogen-bond donors (Lipinski definition) is 2. The molecule has 0 aliphatic rings. The summed E-state index contributed by atoms with van der Waals surface area (Å²) >= 11 is 6.93. The predicted molar refractivity (Wildman–Crippen MR) is 91.4 cm³/mol. The van der Waals surface area contributed by atoms with Gasteiger partial charge in [0.25, 0.3) is 5.24 Å². The number of carbonyl (C=O) groups is 1. The van der Waals surface area contributed by atoms with Crippen LogP contribution >= 0.6 is 22.9 Å². The maximum atomic E-state index is 12.6. The van der Waals surface area contributed by atoms with Crippen molar-refractivity contribution >= 4 is 54.0 Å². The highest BCUT2D eigenvalue weighted by Crippen LogP contribution is 2.27. The van der Waals surface area contributed by atoms with Gasteiger partial charge in [-0.2, -0.15) is 0 Å². The fraction of sp³-hybridized carbons (Fsp3) is 0.125. The zero-order valence-electron chi connectivity index (χ0n) is 11.4. The first-order valence-electron chi connectivity index (χ1n) is 6.65. The molecule has 4 nitrogen and oxygen atoms in total. The van der Waals surface area contributed by atoms with Gasteiger partial charge < -0.3 is 10.4 Å². The fourth-order valence-corrected chi connectivity index (χ4v) is 3.50. The van der Waals surface area contributed by atoms with E-state index in [2.05, 4.69) is 5.32 Å². The molecule has 0 saturated heterocycles. The van der Waals surface area contributed by atoms with E-state index in [1.165, 1.54) is 11.3 Å². The molecule has 2 N–H and O–H groups in total. The lowest BCUT2D eigenvalue weighted by Crippen LogP contribution is -2.07. The van der Waals surface area contributed by atoms with Crippen LogP contribution in [0.15, 0.2) is 41.2 Å². The smallest absolute Gasteiger partial charge is 0.252 e. The molecule has 0 bridgehead atoms. The van der Waals surface area contributed by atoms with Crippen molar-refractivity contribution in [2.45, 2.75) is 0 Å². The Bertz CT molecular complexity index is 936. The molecule has 112 valence electrons. The molecule has 1 heterocycles. The van der Waals surface area contributed by atoms with Crippen molar-refractivity contribution < 1.29 is 9.90 Å². The van der Waals surface area contributed by atoms with Gasteiger partial charge in [-0.05, 0) is 48.0 Å². The molecule has 22 heavy (non-hydrogen) atoms. The third-order valence-electron chi connectivity index (χ3n) is 3.34. The van der Waals surface area contributed by atoms with Crippen LogP contribution in [0.5, 0.6) is 0 Å². The Morgan fingerprint density at radius 2 is 1.95 bits per heavy atom. The van der Waals surface area contributed by atoms with E-state index in [9.17, 15) is 9.59 Å². The highest BCUT2D eigenvalue weighted by atomic mass is 35.5. The third-order valence-corrected chi connectivity index (χ3v) is 4.69. The van der Waals surface area contributed by atoms with E-state index in [1.54, 1.807) is 24.3 Å². The molecule has 2 aromatic carbocycles. The SMILES string of the molecule is O=C(Cl)c1ccc2c(=O)c3cc(NCCO)ccc3sc2c1. The van der Waals surface area contributed by atoms with Crippen LogP contribution in [0.4, 0.5) is 5.69 Å². The van der Waals surface area contributed by atoms with Gasteiger partial charge in [0, 0.05) is 38.0 Å². The van der Waals surface area contributed by atoms with Crippen LogP contribution in [-0.4, -0.2) is 23.5 Å². The number of aliphatic hydroxyl groups excluding tert-OH is 1. The zero-order valence-corrected chi connectivity index (χ0v) is 13.0. The quantitative estimate of drug-likeness (QED) is 0.568. The molecule has 1 aromatic heterocycles. The van der Waals surface area contributed by atoms with Crippen LogP contribution in [0.2, 0.25) is 0 Å². The van der Waals surface area contributed by atoms with Crippen molar-refractivity contribution in [3.63, 3.8) is 0 Å². The number of nitrogens with one attached hydrogen (secondary N) is 1. The normalized spacial score (nSPS) is 11.0. The predicted octanol–water partition coefficient (Wildman–Crippen LogP) is 3.20. The molecule has 0 radical (unpaired) electrons. The number of hydrogen-bond acceptors (Lipinski definition) is 5. The van der Waals surface area contributed by atoms with Crippen molar-refractivity contribution in [2.24, 2.45) is 0 Å². The largest absolute Gasteiger partial charge is 0.395 e. The van der Waals surface area contributed by atoms with E-state index in [4.69, 9.17) is 16.7 Å². The molecule has 0 fully saturated rings. The number of fused-ring (bicyclic) bond motifs is 2. The summed E-state index contributed by atoms with van der Waals surface area (Å²) in [6, 6.07) is 10.3. The van der Waals surface area contributed by atoms with Crippen molar-refractivity contribution in [1.82, 2.24) is 0 Å². The van der Waals surface area contributed by atoms with Gasteiger partial charge in [-0.1, -0.05) is 0 Å². The Labute approximate surface area is 135 Å². The topological polar surface area (TPSA) is 66.4 Å². The lowest BCUT2D eigenvalue weighted by molar-refractivity contribution is 0.108. The zero-order chi connectivity index (χ0) is 15.7. The van der Waals surface area contributed by atoms with E-state index in [0.717, 1.165) is 15.1 Å². The molecular weight excluding hydrogens is 322 g/mol. The second-order valence-corrected chi connectivity index (χ2v) is 6.20. The lowest BCUT2D eigenvalue weighted by Gasteiger charge is -2.06. The van der Waals surface area contributed by atoms with Crippen molar-refractivity contribution in [3.8, 4) is 0 Å². The molecule has 0 amide bonds. The van der Waals surface area contributed by atoms with Crippen LogP contribution in [0, 0.1) is 0 Å². The van der Waals surface area contributed by atoms with Crippen LogP contribution in [0.25, 0.3) is 20.2 Å². The first-order chi connectivity index (χ1) is 10.6. The van der Waals surface area contributed by atoms with Gasteiger partial charge in [0.1, 0.15) is 0 Å². The van der Waals surface area contributed by atoms with Crippen molar-refractivity contribution in [3.05, 3.63) is 52.2 Å². The van der Waals surface area contributed by atoms with Gasteiger partial charge in [0.15, 0.2) is 5.43 Å². The van der Waals surface area contributed by atoms with E-state index in [-0.39, 0.29) is 12.0 Å². The maximum absolute atomic E-state index is 12.6. The van der Waals surface area contributed by atoms with Gasteiger partial charge in [-0.15, -0.1) is 11.3 Å². The monoisotopic (exact) mass is 333 g/mol. The molecule has 0 unspecified atom stereocenters. The molecule has 0 spiro atoms. The number of carbonyl (C=O) groups excluding carboxylic acids is 1. The van der Waals surface area contributed by atoms with E-state index < -0.39 is 5.24 Å². The van der Waals surface area contributed by atoms with Gasteiger partial charge >= 0.3 is 0 Å². The number of benzene rings is 2. The van der Waals surface area contributed by atoms with E-state index in [1.807, 2.05) is 12.1 Å². The standard InChI is InChI=1S/C16H12ClNO3S/c17-16(21)9-1-3-11-14(7-9)22-13-4-2-10(18-5-6-19)8-12(13)15(11)20/h1-4,7-8,18-19H,5-6H2. The average molecular weight is 334 g/mol. The minimum atomic E-state index is -0.537. The summed E-state index contributed by atoms with van der Waals surface area (Å²) in [6.07, 6.45) is 0. The summed E-state index contributed by atoms with van der Waals surface area (Å²) in [5, 5.41) is 12.5. The minimum absolute atomic E-state index is 0.0256. The van der Waals surface area contributed by atoms with Crippen LogP contribution in [0.3, 0.4) is 0 Å². The van der Waals surface area contributed by atoms with Gasteiger partial charge in [-0.25, -0.2) is 0 Å². The second-order valence-electron chi connectivity index (χ2n) is 4.78. The lowest BCUT2D eigenvalue weighted by atomic mass is 10.1. The molecule has 0 atom stereocenters. The fourth-order valence-electron chi connectivity index (χ4n) is 2.29. The molecule has 0 aliphatic carbocycles. The molecule has 0 aliphatic heterocycles. The number of rotatable bonds is 4. The van der Waals surface area contributed by atoms with Gasteiger partial charge in [0.05, 0.1) is 6.61 Å². The van der Waals surface area contributed by atoms with Gasteiger partial charge in [0.2, 0.25) is 0 Å². The summed E-state index contributed by atoms with van der Waals surface area (Å²) in [4.78, 5) is 23.9. The Morgan fingerprint density at radius 1 is 1.14 bits per heavy atom. The molecule has 3 aromatic rings. The highest BCUT2D eigenvalue weighted by Gasteiger charge is 2.09. The summed E-state index contributed by atoms with van der Waals surface area (Å²) in [7, 11) is 0. The average Bonchev–Trinajstić information content (AvgIpc) is 2.52. The van der Waals surface area contributed by atoms with E-state index >= 15 is 0 Å². The van der Waals surface area contributed by atoms with Crippen LogP contribution in [0.1, 0.15) is 10.4 Å². The van der Waals surface area contributed by atoms with Crippen LogP contribution in [-0.2, 0) is 0 Å². The Balaban J connectivity index is 2.22. The Hall–Kier alpha value is -1.95. The summed E-state index contributed by atoms with van der Waals surface area (Å²) in [5.74, 6) is 0. The third kappa shape index (κ3) is 2.70. The molecule has 3 rings (SSSR count). The maximum Gasteiger partial charge on any atom is 0.252 e. The van der Waals surface area contributed by atoms with Crippen LogP contribution < -0.4 is 10.7 Å². The molecule has 6 heteroatoms. The number of anilines is 1.